The van der Waals surface area contributed by atoms with Crippen molar-refractivity contribution in [1.82, 2.24) is 0 Å². The Hall–Kier alpha value is -2.21. The Morgan fingerprint density at radius 1 is 0.771 bits per heavy atom. The van der Waals surface area contributed by atoms with Crippen LogP contribution in [0.2, 0.25) is 0 Å². The van der Waals surface area contributed by atoms with Crippen molar-refractivity contribution in [2.45, 2.75) is 236 Å². The summed E-state index contributed by atoms with van der Waals surface area (Å²) in [5.74, 6) is -1.87. The van der Waals surface area contributed by atoms with E-state index in [2.05, 4.69) is 6.92 Å². The maximum absolute atomic E-state index is 14.0. The fourth-order valence-electron chi connectivity index (χ4n) is 14.4. The number of carbonyl (C=O) groups is 3. The topological polar surface area (TPSA) is 257 Å². The van der Waals surface area contributed by atoms with E-state index in [1.54, 1.807) is 40.9 Å². The van der Waals surface area contributed by atoms with Crippen molar-refractivity contribution in [3.63, 3.8) is 0 Å². The van der Waals surface area contributed by atoms with E-state index < -0.39 is 145 Å². The zero-order valence-corrected chi connectivity index (χ0v) is 42.7. The van der Waals surface area contributed by atoms with Crippen molar-refractivity contribution in [3.05, 3.63) is 11.6 Å². The molecule has 0 radical (unpaired) electrons. The van der Waals surface area contributed by atoms with Crippen molar-refractivity contribution < 1.29 is 92.0 Å². The van der Waals surface area contributed by atoms with E-state index in [1.165, 1.54) is 7.11 Å². The number of hydrogen-bond donors (Lipinski definition) is 5. The van der Waals surface area contributed by atoms with Crippen LogP contribution in [0.4, 0.5) is 0 Å². The van der Waals surface area contributed by atoms with Crippen molar-refractivity contribution in [1.29, 1.82) is 0 Å². The van der Waals surface area contributed by atoms with Crippen LogP contribution in [-0.4, -0.2) is 180 Å². The van der Waals surface area contributed by atoms with Crippen LogP contribution in [0.1, 0.15) is 120 Å². The number of aliphatic hydroxyl groups excluding tert-OH is 5. The van der Waals surface area contributed by atoms with Gasteiger partial charge in [0.15, 0.2) is 18.9 Å². The van der Waals surface area contributed by atoms with Crippen LogP contribution in [0.15, 0.2) is 11.6 Å². The van der Waals surface area contributed by atoms with Crippen LogP contribution in [0, 0.1) is 34.5 Å². The Bertz CT molecular complexity index is 1930. The highest BCUT2D eigenvalue weighted by molar-refractivity contribution is 5.88. The number of aliphatic hydroxyl groups is 5. The SMILES string of the molecule is CC=C(C)C(=O)OC1C(OC(=O)C(C)CC)C2C3(C)CCC(OC4CC(OC)C(OC5OC(C)C(OC6OC(CO)C(O)C(O)C6O)C(OC)C5O)C(C)O4)CC3CCC23OC32CCC(C(C)=O)C12C. The van der Waals surface area contributed by atoms with Gasteiger partial charge >= 0.3 is 11.9 Å². The highest BCUT2D eigenvalue weighted by Gasteiger charge is 2.91. The first kappa shape index (κ1) is 54.1. The smallest absolute Gasteiger partial charge is 0.333 e. The molecular weight excluding hydrogens is 917 g/mol. The lowest BCUT2D eigenvalue weighted by Gasteiger charge is -2.61. The van der Waals surface area contributed by atoms with Gasteiger partial charge in [-0.2, -0.15) is 0 Å². The van der Waals surface area contributed by atoms with Gasteiger partial charge in [0.25, 0.3) is 0 Å². The van der Waals surface area contributed by atoms with Crippen molar-refractivity contribution in [2.24, 2.45) is 34.5 Å². The van der Waals surface area contributed by atoms with E-state index in [0.29, 0.717) is 56.9 Å². The molecule has 8 fully saturated rings. The number of rotatable bonds is 15. The maximum Gasteiger partial charge on any atom is 0.333 e. The van der Waals surface area contributed by atoms with E-state index in [0.717, 1.165) is 6.42 Å². The normalized spacial score (nSPS) is 50.4. The van der Waals surface area contributed by atoms with Gasteiger partial charge in [-0.25, -0.2) is 4.79 Å². The fraction of sp³-hybridized carbons (Fsp3) is 0.902. The molecule has 8 rings (SSSR count). The average molecular weight is 997 g/mol. The molecule has 4 saturated heterocycles. The Morgan fingerprint density at radius 3 is 2.10 bits per heavy atom. The molecule has 25 unspecified atom stereocenters. The molecule has 0 aromatic carbocycles. The predicted octanol–water partition coefficient (Wildman–Crippen LogP) is 2.79. The zero-order chi connectivity index (χ0) is 51.0. The Balaban J connectivity index is 0.960. The number of carbonyl (C=O) groups excluding carboxylic acids is 3. The van der Waals surface area contributed by atoms with E-state index in [1.807, 2.05) is 27.7 Å². The number of allylic oxidation sites excluding steroid dienone is 1. The molecule has 2 spiro atoms. The van der Waals surface area contributed by atoms with Crippen molar-refractivity contribution in [3.8, 4) is 0 Å². The number of Topliss-reactive ketones (excluding diaryl/α,β-unsaturated/α-hetero) is 1. The van der Waals surface area contributed by atoms with Gasteiger partial charge in [0.1, 0.15) is 78.0 Å². The quantitative estimate of drug-likeness (QED) is 0.0684. The summed E-state index contributed by atoms with van der Waals surface area (Å²) in [6.45, 7) is 16.0. The monoisotopic (exact) mass is 997 g/mol. The molecule has 4 heterocycles. The van der Waals surface area contributed by atoms with E-state index in [4.69, 9.17) is 52.1 Å². The van der Waals surface area contributed by atoms with Crippen LogP contribution in [-0.2, 0) is 66.5 Å². The fourth-order valence-corrected chi connectivity index (χ4v) is 14.4. The van der Waals surface area contributed by atoms with Crippen molar-refractivity contribution in [2.75, 3.05) is 20.8 Å². The summed E-state index contributed by atoms with van der Waals surface area (Å²) in [6, 6.07) is 0. The van der Waals surface area contributed by atoms with Gasteiger partial charge < -0.3 is 77.6 Å². The number of methoxy groups -OCH3 is 2. The second kappa shape index (κ2) is 20.5. The number of ketones is 1. The number of esters is 2. The average Bonchev–Trinajstić information content (AvgIpc) is 3.88. The standard InChI is InChI=1S/C51H80O19/c1-12-23(3)44(58)66-41-42-48(8)17-15-29(20-28(48)14-18-50(42)51(70-50)19-16-30(25(5)53)49(51,9)43(41)69-45(59)24(4)13-2)64-33-21-31(60-10)38(26(6)62-33)67-47-37(57)40(61-11)39(27(7)63-47)68-46-36(56)35(55)34(54)32(22-52)65-46/h13,23,26-43,46-47,52,54-57H,12,14-22H2,1-11H3. The number of hydrogen-bond acceptors (Lipinski definition) is 19. The lowest BCUT2D eigenvalue weighted by molar-refractivity contribution is -0.371. The highest BCUT2D eigenvalue weighted by Crippen LogP contribution is 2.81. The first-order valence-corrected chi connectivity index (χ1v) is 25.7. The molecule has 4 aliphatic heterocycles. The molecule has 0 amide bonds. The summed E-state index contributed by atoms with van der Waals surface area (Å²) in [5.41, 5.74) is -2.29. The minimum atomic E-state index is -1.67. The molecule has 8 aliphatic rings. The van der Waals surface area contributed by atoms with E-state index >= 15 is 0 Å². The largest absolute Gasteiger partial charge is 0.458 e. The van der Waals surface area contributed by atoms with Crippen LogP contribution < -0.4 is 0 Å². The third-order valence-corrected chi connectivity index (χ3v) is 18.6. The molecule has 4 saturated carbocycles. The Kier molecular flexibility index (Phi) is 15.8. The van der Waals surface area contributed by atoms with Crippen LogP contribution in [0.3, 0.4) is 0 Å². The van der Waals surface area contributed by atoms with Crippen molar-refractivity contribution >= 4 is 17.7 Å². The second-order valence-electron chi connectivity index (χ2n) is 22.1. The minimum absolute atomic E-state index is 0.00946. The molecule has 19 heteroatoms. The number of epoxide rings is 1. The minimum Gasteiger partial charge on any atom is -0.458 e. The summed E-state index contributed by atoms with van der Waals surface area (Å²) < 4.78 is 69.6. The lowest BCUT2D eigenvalue weighted by atomic mass is 9.43. The molecule has 70 heavy (non-hydrogen) atoms. The van der Waals surface area contributed by atoms with E-state index in [9.17, 15) is 39.9 Å². The zero-order valence-electron chi connectivity index (χ0n) is 42.7. The van der Waals surface area contributed by atoms with Gasteiger partial charge in [0, 0.05) is 43.5 Å². The molecule has 0 aromatic rings. The Labute approximate surface area is 411 Å². The molecule has 19 nitrogen and oxygen atoms in total. The summed E-state index contributed by atoms with van der Waals surface area (Å²) in [5, 5.41) is 52.4. The number of ether oxygens (including phenoxy) is 11. The highest BCUT2D eigenvalue weighted by atomic mass is 16.8. The Morgan fingerprint density at radius 2 is 1.46 bits per heavy atom. The molecule has 5 N–H and O–H groups in total. The van der Waals surface area contributed by atoms with Gasteiger partial charge in [-0.05, 0) is 97.3 Å². The van der Waals surface area contributed by atoms with Gasteiger partial charge in [-0.15, -0.1) is 0 Å². The summed E-state index contributed by atoms with van der Waals surface area (Å²) in [4.78, 5) is 41.4. The van der Waals surface area contributed by atoms with Gasteiger partial charge in [-0.3, -0.25) is 9.59 Å². The first-order valence-electron chi connectivity index (χ1n) is 25.7. The molecule has 25 atom stereocenters. The van der Waals surface area contributed by atoms with E-state index in [-0.39, 0.29) is 29.7 Å². The van der Waals surface area contributed by atoms with Gasteiger partial charge in [-0.1, -0.05) is 33.8 Å². The first-order chi connectivity index (χ1) is 33.1. The third kappa shape index (κ3) is 8.74. The third-order valence-electron chi connectivity index (χ3n) is 18.6. The van der Waals surface area contributed by atoms with Crippen LogP contribution >= 0.6 is 0 Å². The summed E-state index contributed by atoms with van der Waals surface area (Å²) in [7, 11) is 2.95. The van der Waals surface area contributed by atoms with Gasteiger partial charge in [0.05, 0.1) is 36.9 Å². The molecule has 0 aromatic heterocycles. The van der Waals surface area contributed by atoms with Gasteiger partial charge in [0.2, 0.25) is 0 Å². The summed E-state index contributed by atoms with van der Waals surface area (Å²) in [6.07, 6.45) is -10.1. The lowest BCUT2D eigenvalue weighted by Crippen LogP contribution is -2.71. The molecule has 4 aliphatic carbocycles. The molecule has 398 valence electrons. The summed E-state index contributed by atoms with van der Waals surface area (Å²) >= 11 is 0. The number of fused-ring (bicyclic) bond motifs is 2. The van der Waals surface area contributed by atoms with Crippen LogP contribution in [0.5, 0.6) is 0 Å². The molecule has 0 bridgehead atoms. The predicted molar refractivity (Wildman–Crippen MR) is 244 cm³/mol. The maximum atomic E-state index is 14.0. The second-order valence-corrected chi connectivity index (χ2v) is 22.1. The molecular formula is C51H80O19. The van der Waals surface area contributed by atoms with Crippen LogP contribution in [0.25, 0.3) is 0 Å².